The first-order valence-electron chi connectivity index (χ1n) is 6.20. The molecule has 96 valence electrons. The van der Waals surface area contributed by atoms with Crippen molar-refractivity contribution < 1.29 is 8.42 Å². The fourth-order valence-electron chi connectivity index (χ4n) is 2.07. The van der Waals surface area contributed by atoms with Crippen molar-refractivity contribution in [2.45, 2.75) is 32.7 Å². The third kappa shape index (κ3) is 4.80. The molecule has 0 amide bonds. The molecule has 5 heteroatoms. The predicted molar refractivity (Wildman–Crippen MR) is 67.5 cm³/mol. The molecule has 1 heterocycles. The van der Waals surface area contributed by atoms with Gasteiger partial charge in [0.15, 0.2) is 9.84 Å². The standard InChI is InChI=1S/C11H24N2O2S/c1-3-5-12-6-4-7-13-8-9-16(14,15)10-11(13)2/h11-12H,3-10H2,1-2H3. The Morgan fingerprint density at radius 1 is 1.38 bits per heavy atom. The molecule has 1 fully saturated rings. The molecule has 0 aliphatic carbocycles. The highest BCUT2D eigenvalue weighted by Gasteiger charge is 2.27. The molecule has 0 saturated carbocycles. The Morgan fingerprint density at radius 2 is 2.12 bits per heavy atom. The van der Waals surface area contributed by atoms with Crippen LogP contribution in [-0.2, 0) is 9.84 Å². The van der Waals surface area contributed by atoms with E-state index in [1.165, 1.54) is 6.42 Å². The summed E-state index contributed by atoms with van der Waals surface area (Å²) in [5, 5.41) is 3.36. The van der Waals surface area contributed by atoms with Gasteiger partial charge in [-0.3, -0.25) is 4.90 Å². The van der Waals surface area contributed by atoms with Crippen LogP contribution in [0.5, 0.6) is 0 Å². The molecule has 1 rings (SSSR count). The first kappa shape index (κ1) is 13.9. The maximum Gasteiger partial charge on any atom is 0.153 e. The molecule has 0 spiro atoms. The van der Waals surface area contributed by atoms with E-state index in [2.05, 4.69) is 17.1 Å². The van der Waals surface area contributed by atoms with E-state index in [4.69, 9.17) is 0 Å². The van der Waals surface area contributed by atoms with Crippen LogP contribution in [0.15, 0.2) is 0 Å². The number of nitrogens with zero attached hydrogens (tertiary/aromatic N) is 1. The summed E-state index contributed by atoms with van der Waals surface area (Å²) in [7, 11) is -2.76. The molecular weight excluding hydrogens is 224 g/mol. The van der Waals surface area contributed by atoms with E-state index >= 15 is 0 Å². The van der Waals surface area contributed by atoms with Crippen LogP contribution in [0.2, 0.25) is 0 Å². The van der Waals surface area contributed by atoms with Crippen LogP contribution in [0.3, 0.4) is 0 Å². The van der Waals surface area contributed by atoms with Crippen molar-refractivity contribution in [1.29, 1.82) is 0 Å². The molecule has 1 aliphatic rings. The van der Waals surface area contributed by atoms with E-state index in [0.717, 1.165) is 26.1 Å². The maximum atomic E-state index is 11.4. The second kappa shape index (κ2) is 6.57. The smallest absolute Gasteiger partial charge is 0.153 e. The van der Waals surface area contributed by atoms with Gasteiger partial charge in [-0.05, 0) is 39.4 Å². The summed E-state index contributed by atoms with van der Waals surface area (Å²) in [5.41, 5.74) is 0. The Labute approximate surface area is 99.3 Å². The number of hydrogen-bond donors (Lipinski definition) is 1. The highest BCUT2D eigenvalue weighted by atomic mass is 32.2. The van der Waals surface area contributed by atoms with Crippen molar-refractivity contribution in [2.24, 2.45) is 0 Å². The zero-order valence-electron chi connectivity index (χ0n) is 10.4. The second-order valence-electron chi connectivity index (χ2n) is 4.60. The van der Waals surface area contributed by atoms with Gasteiger partial charge < -0.3 is 5.32 Å². The minimum atomic E-state index is -2.76. The van der Waals surface area contributed by atoms with E-state index in [0.29, 0.717) is 18.1 Å². The average Bonchev–Trinajstić information content (AvgIpc) is 2.20. The van der Waals surface area contributed by atoms with Gasteiger partial charge in [0, 0.05) is 12.6 Å². The number of rotatable bonds is 6. The fraction of sp³-hybridized carbons (Fsp3) is 1.00. The molecule has 1 atom stereocenters. The van der Waals surface area contributed by atoms with E-state index in [9.17, 15) is 8.42 Å². The zero-order chi connectivity index (χ0) is 12.0. The maximum absolute atomic E-state index is 11.4. The lowest BCUT2D eigenvalue weighted by atomic mass is 10.2. The number of sulfone groups is 1. The van der Waals surface area contributed by atoms with Gasteiger partial charge in [-0.15, -0.1) is 0 Å². The summed E-state index contributed by atoms with van der Waals surface area (Å²) >= 11 is 0. The van der Waals surface area contributed by atoms with Gasteiger partial charge in [0.05, 0.1) is 11.5 Å². The van der Waals surface area contributed by atoms with Crippen LogP contribution >= 0.6 is 0 Å². The molecule has 0 aromatic carbocycles. The first-order valence-corrected chi connectivity index (χ1v) is 8.02. The van der Waals surface area contributed by atoms with Crippen LogP contribution in [-0.4, -0.2) is 57.0 Å². The highest BCUT2D eigenvalue weighted by molar-refractivity contribution is 7.91. The van der Waals surface area contributed by atoms with Gasteiger partial charge in [-0.25, -0.2) is 8.42 Å². The van der Waals surface area contributed by atoms with Crippen LogP contribution in [0.1, 0.15) is 26.7 Å². The van der Waals surface area contributed by atoms with Crippen molar-refractivity contribution in [3.05, 3.63) is 0 Å². The monoisotopic (exact) mass is 248 g/mol. The van der Waals surface area contributed by atoms with Gasteiger partial charge >= 0.3 is 0 Å². The second-order valence-corrected chi connectivity index (χ2v) is 6.83. The third-order valence-corrected chi connectivity index (χ3v) is 4.83. The van der Waals surface area contributed by atoms with Crippen molar-refractivity contribution in [2.75, 3.05) is 37.7 Å². The minimum absolute atomic E-state index is 0.185. The van der Waals surface area contributed by atoms with Gasteiger partial charge in [-0.1, -0.05) is 6.92 Å². The van der Waals surface area contributed by atoms with Gasteiger partial charge in [0.25, 0.3) is 0 Å². The lowest BCUT2D eigenvalue weighted by Gasteiger charge is -2.33. The molecule has 1 saturated heterocycles. The molecule has 1 aliphatic heterocycles. The predicted octanol–water partition coefficient (Wildman–Crippen LogP) is 0.495. The molecule has 1 unspecified atom stereocenters. The number of nitrogens with one attached hydrogen (secondary N) is 1. The van der Waals surface area contributed by atoms with E-state index in [1.54, 1.807) is 0 Å². The summed E-state index contributed by atoms with van der Waals surface area (Å²) in [4.78, 5) is 2.29. The Bertz CT molecular complexity index is 290. The van der Waals surface area contributed by atoms with Gasteiger partial charge in [-0.2, -0.15) is 0 Å². The third-order valence-electron chi connectivity index (χ3n) is 3.03. The summed E-state index contributed by atoms with van der Waals surface area (Å²) < 4.78 is 22.8. The Morgan fingerprint density at radius 3 is 2.75 bits per heavy atom. The van der Waals surface area contributed by atoms with E-state index < -0.39 is 9.84 Å². The summed E-state index contributed by atoms with van der Waals surface area (Å²) in [6, 6.07) is 0.185. The first-order chi connectivity index (χ1) is 7.55. The largest absolute Gasteiger partial charge is 0.317 e. The SMILES string of the molecule is CCCNCCCN1CCS(=O)(=O)CC1C. The zero-order valence-corrected chi connectivity index (χ0v) is 11.2. The summed E-state index contributed by atoms with van der Waals surface area (Å²) in [6.45, 7) is 7.99. The highest BCUT2D eigenvalue weighted by Crippen LogP contribution is 2.11. The Kier molecular flexibility index (Phi) is 5.72. The van der Waals surface area contributed by atoms with Crippen LogP contribution in [0.25, 0.3) is 0 Å². The van der Waals surface area contributed by atoms with E-state index in [-0.39, 0.29) is 6.04 Å². The molecule has 4 nitrogen and oxygen atoms in total. The normalized spacial score (nSPS) is 25.8. The van der Waals surface area contributed by atoms with Crippen LogP contribution in [0, 0.1) is 0 Å². The topological polar surface area (TPSA) is 49.4 Å². The van der Waals surface area contributed by atoms with Crippen molar-refractivity contribution in [1.82, 2.24) is 10.2 Å². The average molecular weight is 248 g/mol. The van der Waals surface area contributed by atoms with Crippen molar-refractivity contribution in [3.8, 4) is 0 Å². The minimum Gasteiger partial charge on any atom is -0.317 e. The number of hydrogen-bond acceptors (Lipinski definition) is 4. The Hall–Kier alpha value is -0.130. The fourth-order valence-corrected chi connectivity index (χ4v) is 3.70. The molecule has 0 aromatic rings. The van der Waals surface area contributed by atoms with Crippen molar-refractivity contribution in [3.63, 3.8) is 0 Å². The molecular formula is C11H24N2O2S. The lowest BCUT2D eigenvalue weighted by Crippen LogP contribution is -2.47. The van der Waals surface area contributed by atoms with Crippen molar-refractivity contribution >= 4 is 9.84 Å². The summed E-state index contributed by atoms with van der Waals surface area (Å²) in [6.07, 6.45) is 2.27. The quantitative estimate of drug-likeness (QED) is 0.695. The molecule has 0 radical (unpaired) electrons. The summed E-state index contributed by atoms with van der Waals surface area (Å²) in [5.74, 6) is 0.662. The Balaban J connectivity index is 2.18. The van der Waals surface area contributed by atoms with E-state index in [1.807, 2.05) is 6.92 Å². The van der Waals surface area contributed by atoms with Crippen LogP contribution < -0.4 is 5.32 Å². The molecule has 16 heavy (non-hydrogen) atoms. The molecule has 0 bridgehead atoms. The van der Waals surface area contributed by atoms with Gasteiger partial charge in [0.1, 0.15) is 0 Å². The van der Waals surface area contributed by atoms with Crippen LogP contribution in [0.4, 0.5) is 0 Å². The molecule has 0 aromatic heterocycles. The molecule has 1 N–H and O–H groups in total. The van der Waals surface area contributed by atoms with Gasteiger partial charge in [0.2, 0.25) is 0 Å². The lowest BCUT2D eigenvalue weighted by molar-refractivity contribution is 0.223.